The van der Waals surface area contributed by atoms with Gasteiger partial charge in [-0.1, -0.05) is 76.9 Å². The van der Waals surface area contributed by atoms with Crippen molar-refractivity contribution in [3.8, 4) is 0 Å². The Balaban J connectivity index is 0. The second-order valence-electron chi connectivity index (χ2n) is 7.67. The van der Waals surface area contributed by atoms with E-state index in [0.717, 1.165) is 19.3 Å². The summed E-state index contributed by atoms with van der Waals surface area (Å²) in [5.41, 5.74) is 0. The molecule has 0 aromatic carbocycles. The molecule has 0 rings (SSSR count). The van der Waals surface area contributed by atoms with Crippen LogP contribution in [0.3, 0.4) is 0 Å². The predicted octanol–water partition coefficient (Wildman–Crippen LogP) is 3.26. The summed E-state index contributed by atoms with van der Waals surface area (Å²) in [6.07, 6.45) is 21.7. The van der Waals surface area contributed by atoms with Gasteiger partial charge in [0.2, 0.25) is 0 Å². The number of carboxylic acid groups (broad SMARTS) is 2. The van der Waals surface area contributed by atoms with Crippen LogP contribution in [0.15, 0.2) is 12.2 Å². The van der Waals surface area contributed by atoms with E-state index < -0.39 is 18.0 Å². The van der Waals surface area contributed by atoms with Crippen LogP contribution in [0.25, 0.3) is 0 Å². The molecule has 0 heterocycles. The molecule has 6 heteroatoms. The number of rotatable bonds is 21. The van der Waals surface area contributed by atoms with Crippen LogP contribution in [-0.4, -0.2) is 24.5 Å². The van der Waals surface area contributed by atoms with Crippen LogP contribution in [-0.2, 0) is 29.1 Å². The molecular formula is C23H41NO4Zn. The number of hydrogen-bond acceptors (Lipinski definition) is 5. The smallest absolute Gasteiger partial charge is 0.550 e. The van der Waals surface area contributed by atoms with Gasteiger partial charge in [-0.2, -0.15) is 0 Å². The van der Waals surface area contributed by atoms with Gasteiger partial charge < -0.3 is 25.1 Å². The Labute approximate surface area is 190 Å². The molecule has 0 saturated carbocycles. The van der Waals surface area contributed by atoms with E-state index in [1.807, 2.05) is 0 Å². The van der Waals surface area contributed by atoms with Crippen LogP contribution < -0.4 is 15.5 Å². The molecule has 0 amide bonds. The first kappa shape index (κ1) is 30.5. The second-order valence-corrected chi connectivity index (χ2v) is 7.67. The molecule has 0 radical (unpaired) electrons. The summed E-state index contributed by atoms with van der Waals surface area (Å²) in [6, 6.07) is -0.902. The van der Waals surface area contributed by atoms with E-state index >= 15 is 0 Å². The fraction of sp³-hybridized carbons (Fsp3) is 0.826. The van der Waals surface area contributed by atoms with Crippen LogP contribution in [0.4, 0.5) is 0 Å². The molecule has 1 atom stereocenters. The molecule has 0 aliphatic carbocycles. The number of carboxylic acids is 2. The first-order chi connectivity index (χ1) is 13.6. The Morgan fingerprint density at radius 2 is 1.28 bits per heavy atom. The zero-order valence-electron chi connectivity index (χ0n) is 18.6. The molecule has 0 saturated heterocycles. The average molecular weight is 461 g/mol. The topological polar surface area (TPSA) is 92.3 Å². The first-order valence-corrected chi connectivity index (χ1v) is 11.4. The van der Waals surface area contributed by atoms with E-state index in [1.165, 1.54) is 70.6 Å². The summed E-state index contributed by atoms with van der Waals surface area (Å²) in [4.78, 5) is 21.3. The Morgan fingerprint density at radius 1 is 0.793 bits per heavy atom. The summed E-state index contributed by atoms with van der Waals surface area (Å²) in [7, 11) is 0. The Bertz CT molecular complexity index is 416. The van der Waals surface area contributed by atoms with Gasteiger partial charge in [-0.05, 0) is 51.5 Å². The van der Waals surface area contributed by atoms with Gasteiger partial charge in [-0.3, -0.25) is 0 Å². The van der Waals surface area contributed by atoms with Crippen molar-refractivity contribution in [2.24, 2.45) is 0 Å². The van der Waals surface area contributed by atoms with Crippen molar-refractivity contribution in [1.82, 2.24) is 5.32 Å². The third-order valence-electron chi connectivity index (χ3n) is 5.00. The SMILES string of the molecule is CCCCCCCC/C=C\CCCCCCCCN[C@@H](CCC(=O)[O-])C(=O)[O-].[Zn+2]. The number of unbranched alkanes of at least 4 members (excludes halogenated alkanes) is 12. The van der Waals surface area contributed by atoms with Gasteiger partial charge in [-0.25, -0.2) is 0 Å². The molecule has 0 unspecified atom stereocenters. The summed E-state index contributed by atoms with van der Waals surface area (Å²) in [5.74, 6) is -2.48. The zero-order valence-corrected chi connectivity index (χ0v) is 21.6. The molecule has 0 bridgehead atoms. The molecule has 0 aromatic heterocycles. The summed E-state index contributed by atoms with van der Waals surface area (Å²) < 4.78 is 0. The Hall–Kier alpha value is -0.737. The molecule has 0 aliphatic rings. The minimum atomic E-state index is -1.24. The summed E-state index contributed by atoms with van der Waals surface area (Å²) >= 11 is 0. The van der Waals surface area contributed by atoms with Crippen molar-refractivity contribution in [1.29, 1.82) is 0 Å². The van der Waals surface area contributed by atoms with Crippen molar-refractivity contribution < 1.29 is 39.3 Å². The second kappa shape index (κ2) is 23.5. The van der Waals surface area contributed by atoms with E-state index in [4.69, 9.17) is 0 Å². The van der Waals surface area contributed by atoms with E-state index in [9.17, 15) is 19.8 Å². The van der Waals surface area contributed by atoms with Gasteiger partial charge in [0.1, 0.15) is 0 Å². The van der Waals surface area contributed by atoms with E-state index in [2.05, 4.69) is 24.4 Å². The number of nitrogens with one attached hydrogen (secondary N) is 1. The van der Waals surface area contributed by atoms with Crippen molar-refractivity contribution in [3.63, 3.8) is 0 Å². The van der Waals surface area contributed by atoms with Crippen LogP contribution in [0, 0.1) is 0 Å². The number of allylic oxidation sites excluding steroid dienone is 2. The molecule has 164 valence electrons. The molecule has 0 spiro atoms. The number of aliphatic carboxylic acids is 2. The number of hydrogen-bond donors (Lipinski definition) is 1. The van der Waals surface area contributed by atoms with Crippen molar-refractivity contribution in [2.45, 2.75) is 116 Å². The predicted molar refractivity (Wildman–Crippen MR) is 110 cm³/mol. The average Bonchev–Trinajstić information content (AvgIpc) is 2.66. The molecule has 5 nitrogen and oxygen atoms in total. The number of carbonyl (C=O) groups is 2. The molecular weight excluding hydrogens is 420 g/mol. The minimum absolute atomic E-state index is 0. The quantitative estimate of drug-likeness (QED) is 0.161. The number of carbonyl (C=O) groups excluding carboxylic acids is 2. The molecule has 0 fully saturated rings. The van der Waals surface area contributed by atoms with Crippen LogP contribution >= 0.6 is 0 Å². The maximum absolute atomic E-state index is 10.9. The van der Waals surface area contributed by atoms with E-state index in [1.54, 1.807) is 0 Å². The Morgan fingerprint density at radius 3 is 1.76 bits per heavy atom. The summed E-state index contributed by atoms with van der Waals surface area (Å²) in [5, 5.41) is 24.2. The third-order valence-corrected chi connectivity index (χ3v) is 5.00. The van der Waals surface area contributed by atoms with Gasteiger partial charge in [0.05, 0.1) is 5.97 Å². The fourth-order valence-corrected chi connectivity index (χ4v) is 3.21. The van der Waals surface area contributed by atoms with Gasteiger partial charge in [0.25, 0.3) is 0 Å². The maximum Gasteiger partial charge on any atom is 2.00 e. The van der Waals surface area contributed by atoms with Gasteiger partial charge in [0, 0.05) is 12.0 Å². The third kappa shape index (κ3) is 23.4. The van der Waals surface area contributed by atoms with Gasteiger partial charge in [-0.15, -0.1) is 0 Å². The molecule has 1 N–H and O–H groups in total. The van der Waals surface area contributed by atoms with Gasteiger partial charge in [0.15, 0.2) is 0 Å². The molecule has 0 aromatic rings. The minimum Gasteiger partial charge on any atom is -0.550 e. The molecule has 29 heavy (non-hydrogen) atoms. The van der Waals surface area contributed by atoms with Gasteiger partial charge >= 0.3 is 19.5 Å². The maximum atomic E-state index is 10.9. The summed E-state index contributed by atoms with van der Waals surface area (Å²) in [6.45, 7) is 2.83. The normalized spacial score (nSPS) is 12.0. The van der Waals surface area contributed by atoms with Crippen LogP contribution in [0.1, 0.15) is 110 Å². The monoisotopic (exact) mass is 459 g/mol. The Kier molecular flexibility index (Phi) is 24.7. The van der Waals surface area contributed by atoms with Crippen molar-refractivity contribution in [2.75, 3.05) is 6.54 Å². The first-order valence-electron chi connectivity index (χ1n) is 11.4. The zero-order chi connectivity index (χ0) is 20.9. The fourth-order valence-electron chi connectivity index (χ4n) is 3.21. The van der Waals surface area contributed by atoms with E-state index in [0.29, 0.717) is 6.54 Å². The van der Waals surface area contributed by atoms with Crippen molar-refractivity contribution >= 4 is 11.9 Å². The van der Waals surface area contributed by atoms with Crippen LogP contribution in [0.2, 0.25) is 0 Å². The van der Waals surface area contributed by atoms with Crippen LogP contribution in [0.5, 0.6) is 0 Å². The largest absolute Gasteiger partial charge is 2.00 e. The van der Waals surface area contributed by atoms with Crippen molar-refractivity contribution in [3.05, 3.63) is 12.2 Å². The van der Waals surface area contributed by atoms with E-state index in [-0.39, 0.29) is 32.3 Å². The standard InChI is InChI=1S/C23H43NO4.Zn/c1-2-3-4-5-6-7-8-9-10-11-12-13-14-15-16-17-20-24-21(23(27)28)18-19-22(25)26;/h9-10,21,24H,2-8,11-20H2,1H3,(H,25,26)(H,27,28);/q;+2/p-2/b10-9-;/t21-;/m0./s1. The molecule has 0 aliphatic heterocycles.